The van der Waals surface area contributed by atoms with Crippen LogP contribution in [-0.4, -0.2) is 14.0 Å². The Hall–Kier alpha value is 0.160. The molecule has 0 saturated heterocycles. The number of hydrogen-bond donors (Lipinski definition) is 1. The molecule has 1 atom stereocenters. The van der Waals surface area contributed by atoms with Crippen LogP contribution in [0.3, 0.4) is 0 Å². The Kier molecular flexibility index (Phi) is 4.16. The van der Waals surface area contributed by atoms with Crippen molar-refractivity contribution in [2.75, 3.05) is 0 Å². The molecule has 8 heavy (non-hydrogen) atoms. The summed E-state index contributed by atoms with van der Waals surface area (Å²) in [5.41, 5.74) is 0. The molecule has 0 aliphatic carbocycles. The molecule has 0 radical (unpaired) electrons. The van der Waals surface area contributed by atoms with Gasteiger partial charge in [-0.05, 0) is 0 Å². The van der Waals surface area contributed by atoms with Gasteiger partial charge in [-0.1, -0.05) is 0 Å². The average molecular weight is 178 g/mol. The molecule has 0 aliphatic heterocycles. The number of rotatable bonds is 0. The molecule has 0 spiro atoms. The molecule has 7 heteroatoms. The molecule has 0 saturated carbocycles. The summed E-state index contributed by atoms with van der Waals surface area (Å²) in [6, 6.07) is 0. The highest BCUT2D eigenvalue weighted by atomic mass is 35.5. The Bertz CT molecular complexity index is 124. The lowest BCUT2D eigenvalue weighted by molar-refractivity contribution is 0.556. The Morgan fingerprint density at radius 2 is 2.38 bits per heavy atom. The Labute approximate surface area is 58.0 Å². The second-order valence-electron chi connectivity index (χ2n) is 0.677. The largest absolute Gasteiger partial charge is 0.351 e. The van der Waals surface area contributed by atoms with Crippen molar-refractivity contribution in [3.63, 3.8) is 0 Å². The third-order valence-corrected chi connectivity index (χ3v) is 1.25. The van der Waals surface area contributed by atoms with E-state index in [0.29, 0.717) is 0 Å². The Morgan fingerprint density at radius 3 is 2.38 bits per heavy atom. The van der Waals surface area contributed by atoms with Gasteiger partial charge in [0.25, 0.3) is 0 Å². The van der Waals surface area contributed by atoms with Gasteiger partial charge in [-0.3, -0.25) is 4.55 Å². The van der Waals surface area contributed by atoms with Crippen molar-refractivity contribution in [1.82, 2.24) is 0 Å². The van der Waals surface area contributed by atoms with Gasteiger partial charge < -0.3 is 4.29 Å². The van der Waals surface area contributed by atoms with E-state index in [1.807, 2.05) is 0 Å². The van der Waals surface area contributed by atoms with Gasteiger partial charge in [0.05, 0.1) is 0 Å². The minimum absolute atomic E-state index is 0.631. The minimum Gasteiger partial charge on any atom is -0.351 e. The summed E-state index contributed by atoms with van der Waals surface area (Å²) in [5.74, 6) is 0. The highest BCUT2D eigenvalue weighted by molar-refractivity contribution is 7.95. The molecule has 4 nitrogen and oxygen atoms in total. The monoisotopic (exact) mass is 177 g/mol. The molecule has 48 valence electrons. The topological polar surface area (TPSA) is 58.9 Å². The standard InChI is InChI=1S/CHCl2NO3S/c2-4-1(7-3)8(5)6/h(H,5,6)/b4-1+. The molecule has 0 aliphatic rings. The summed E-state index contributed by atoms with van der Waals surface area (Å²) in [7, 11) is 0. The molecule has 0 aromatic rings. The van der Waals surface area contributed by atoms with Gasteiger partial charge in [0.15, 0.2) is 0 Å². The maximum atomic E-state index is 9.85. The van der Waals surface area contributed by atoms with E-state index in [9.17, 15) is 4.21 Å². The van der Waals surface area contributed by atoms with Crippen LogP contribution in [-0.2, 0) is 15.4 Å². The van der Waals surface area contributed by atoms with E-state index in [0.717, 1.165) is 0 Å². The van der Waals surface area contributed by atoms with Crippen LogP contribution in [0.2, 0.25) is 0 Å². The molecule has 1 N–H and O–H groups in total. The van der Waals surface area contributed by atoms with Crippen molar-refractivity contribution >= 4 is 40.0 Å². The van der Waals surface area contributed by atoms with Crippen LogP contribution in [0, 0.1) is 0 Å². The van der Waals surface area contributed by atoms with Gasteiger partial charge in [0.2, 0.25) is 11.1 Å². The van der Waals surface area contributed by atoms with Gasteiger partial charge in [-0.25, -0.2) is 4.21 Å². The first-order valence-electron chi connectivity index (χ1n) is 1.30. The van der Waals surface area contributed by atoms with Crippen LogP contribution in [0.1, 0.15) is 0 Å². The van der Waals surface area contributed by atoms with Crippen LogP contribution in [0.25, 0.3) is 0 Å². The van der Waals surface area contributed by atoms with E-state index in [-0.39, 0.29) is 0 Å². The predicted octanol–water partition coefficient (Wildman–Crippen LogP) is 0.888. The quantitative estimate of drug-likeness (QED) is 0.340. The zero-order valence-electron chi connectivity index (χ0n) is 3.38. The first kappa shape index (κ1) is 8.16. The van der Waals surface area contributed by atoms with E-state index >= 15 is 0 Å². The highest BCUT2D eigenvalue weighted by Crippen LogP contribution is 1.92. The molecule has 0 aromatic carbocycles. The fourth-order valence-corrected chi connectivity index (χ4v) is 0.626. The third kappa shape index (κ3) is 2.46. The summed E-state index contributed by atoms with van der Waals surface area (Å²) in [4.78, 5) is 0. The van der Waals surface area contributed by atoms with Gasteiger partial charge in [0.1, 0.15) is 11.9 Å². The fraction of sp³-hybridized carbons (Fsp3) is 0. The summed E-state index contributed by atoms with van der Waals surface area (Å²) < 4.78 is 24.3. The SMILES string of the molecule is O=S(O)/C(=N/Cl)OCl. The van der Waals surface area contributed by atoms with Gasteiger partial charge >= 0.3 is 5.23 Å². The van der Waals surface area contributed by atoms with Crippen molar-refractivity contribution in [1.29, 1.82) is 0 Å². The van der Waals surface area contributed by atoms with E-state index < -0.39 is 16.3 Å². The van der Waals surface area contributed by atoms with Crippen LogP contribution < -0.4 is 0 Å². The summed E-state index contributed by atoms with van der Waals surface area (Å²) in [6.07, 6.45) is 0. The fourth-order valence-electron chi connectivity index (χ4n) is 0.0695. The second kappa shape index (κ2) is 4.08. The van der Waals surface area contributed by atoms with Gasteiger partial charge in [-0.2, -0.15) is 0 Å². The molecule has 0 aromatic heterocycles. The smallest absolute Gasteiger partial charge is 0.341 e. The lowest BCUT2D eigenvalue weighted by Crippen LogP contribution is -2.03. The maximum Gasteiger partial charge on any atom is 0.341 e. The molecule has 1 unspecified atom stereocenters. The lowest BCUT2D eigenvalue weighted by atomic mass is 11.5. The molecular weight excluding hydrogens is 177 g/mol. The van der Waals surface area contributed by atoms with E-state index in [4.69, 9.17) is 4.55 Å². The Balaban J connectivity index is 3.92. The summed E-state index contributed by atoms with van der Waals surface area (Å²) >= 11 is 6.94. The second-order valence-corrected chi connectivity index (χ2v) is 1.85. The van der Waals surface area contributed by atoms with Gasteiger partial charge in [0, 0.05) is 11.8 Å². The lowest BCUT2D eigenvalue weighted by Gasteiger charge is -1.88. The molecular formula is CHCl2NO3S. The normalized spacial score (nSPS) is 15.6. The van der Waals surface area contributed by atoms with Crippen LogP contribution in [0.15, 0.2) is 4.51 Å². The molecule has 0 fully saturated rings. The Morgan fingerprint density at radius 1 is 1.88 bits per heavy atom. The van der Waals surface area contributed by atoms with E-state index in [1.54, 1.807) is 0 Å². The first-order valence-corrected chi connectivity index (χ1v) is 3.06. The summed E-state index contributed by atoms with van der Waals surface area (Å²) in [6.45, 7) is 0. The van der Waals surface area contributed by atoms with Gasteiger partial charge in [-0.15, -0.1) is 4.51 Å². The van der Waals surface area contributed by atoms with Crippen molar-refractivity contribution < 1.29 is 13.1 Å². The van der Waals surface area contributed by atoms with Crippen molar-refractivity contribution in [2.24, 2.45) is 4.51 Å². The maximum absolute atomic E-state index is 9.85. The van der Waals surface area contributed by atoms with E-state index in [2.05, 4.69) is 32.4 Å². The van der Waals surface area contributed by atoms with Crippen molar-refractivity contribution in [2.45, 2.75) is 0 Å². The third-order valence-electron chi connectivity index (χ3n) is 0.284. The zero-order valence-corrected chi connectivity index (χ0v) is 5.70. The van der Waals surface area contributed by atoms with E-state index in [1.165, 1.54) is 0 Å². The number of nitrogens with zero attached hydrogens (tertiary/aromatic N) is 1. The highest BCUT2D eigenvalue weighted by Gasteiger charge is 2.05. The van der Waals surface area contributed by atoms with Crippen LogP contribution in [0.5, 0.6) is 0 Å². The van der Waals surface area contributed by atoms with Crippen molar-refractivity contribution in [3.05, 3.63) is 0 Å². The number of halogens is 2. The molecule has 0 heterocycles. The molecule has 0 bridgehead atoms. The first-order chi connectivity index (χ1) is 3.72. The molecule has 0 amide bonds. The minimum atomic E-state index is -2.34. The number of hydrogen-bond acceptors (Lipinski definition) is 3. The van der Waals surface area contributed by atoms with Crippen molar-refractivity contribution in [3.8, 4) is 0 Å². The van der Waals surface area contributed by atoms with Crippen LogP contribution >= 0.6 is 23.6 Å². The predicted molar refractivity (Wildman–Crippen MR) is 31.0 cm³/mol. The average Bonchev–Trinajstić information content (AvgIpc) is 1.69. The van der Waals surface area contributed by atoms with Crippen LogP contribution in [0.4, 0.5) is 0 Å². The molecule has 0 rings (SSSR count). The summed E-state index contributed by atoms with van der Waals surface area (Å²) in [5, 5.41) is -0.631. The zero-order chi connectivity index (χ0) is 6.57.